The van der Waals surface area contributed by atoms with E-state index in [1.54, 1.807) is 0 Å². The lowest BCUT2D eigenvalue weighted by atomic mass is 9.80. The standard InChI is InChI=1S/C40H30/c1-23-11-7-12-24(2)36(23)39-28-17-5-6-18-29(28)40(37-25(3)13-8-14-26(37)4)35-22-33-31-20-10-16-27-15-9-19-30(38(27)31)32(33)21-34(35)39/h5-22H,1-4H3. The van der Waals surface area contributed by atoms with Crippen LogP contribution in [-0.2, 0) is 0 Å². The van der Waals surface area contributed by atoms with Crippen LogP contribution in [0, 0.1) is 27.7 Å². The fourth-order valence-corrected chi connectivity index (χ4v) is 7.41. The molecule has 7 aromatic carbocycles. The van der Waals surface area contributed by atoms with Crippen molar-refractivity contribution < 1.29 is 0 Å². The summed E-state index contributed by atoms with van der Waals surface area (Å²) in [6.07, 6.45) is 0. The molecule has 0 N–H and O–H groups in total. The number of rotatable bonds is 2. The van der Waals surface area contributed by atoms with Crippen molar-refractivity contribution in [3.05, 3.63) is 131 Å². The van der Waals surface area contributed by atoms with Gasteiger partial charge in [-0.2, -0.15) is 0 Å². The van der Waals surface area contributed by atoms with Crippen LogP contribution in [0.15, 0.2) is 109 Å². The number of hydrogen-bond donors (Lipinski definition) is 0. The van der Waals surface area contributed by atoms with Crippen molar-refractivity contribution in [3.63, 3.8) is 0 Å². The molecule has 0 heterocycles. The molecule has 190 valence electrons. The van der Waals surface area contributed by atoms with Gasteiger partial charge >= 0.3 is 0 Å². The first-order valence-corrected chi connectivity index (χ1v) is 14.2. The highest BCUT2D eigenvalue weighted by molar-refractivity contribution is 6.26. The van der Waals surface area contributed by atoms with Crippen molar-refractivity contribution in [1.82, 2.24) is 0 Å². The molecule has 0 bridgehead atoms. The van der Waals surface area contributed by atoms with Gasteiger partial charge in [-0.05, 0) is 139 Å². The third-order valence-electron chi connectivity index (χ3n) is 9.11. The molecule has 0 atom stereocenters. The van der Waals surface area contributed by atoms with Crippen LogP contribution in [0.25, 0.3) is 76.8 Å². The van der Waals surface area contributed by atoms with E-state index < -0.39 is 0 Å². The molecule has 0 radical (unpaired) electrons. The molecule has 0 unspecified atom stereocenters. The molecule has 0 spiro atoms. The largest absolute Gasteiger partial charge is 0.0617 e. The second kappa shape index (κ2) is 8.41. The second-order valence-corrected chi connectivity index (χ2v) is 11.5. The molecule has 40 heavy (non-hydrogen) atoms. The Morgan fingerprint density at radius 3 is 1.15 bits per heavy atom. The summed E-state index contributed by atoms with van der Waals surface area (Å²) in [5.41, 5.74) is 16.0. The Kier molecular flexibility index (Phi) is 4.88. The minimum atomic E-state index is 1.31. The highest BCUT2D eigenvalue weighted by Crippen LogP contribution is 2.53. The first-order valence-electron chi connectivity index (χ1n) is 14.2. The predicted octanol–water partition coefficient (Wildman–Crippen LogP) is 11.4. The zero-order valence-electron chi connectivity index (χ0n) is 23.4. The summed E-state index contributed by atoms with van der Waals surface area (Å²) in [6, 6.07) is 40.9. The maximum atomic E-state index is 2.50. The molecule has 0 saturated carbocycles. The van der Waals surface area contributed by atoms with Gasteiger partial charge in [0.2, 0.25) is 0 Å². The van der Waals surface area contributed by atoms with E-state index in [0.717, 1.165) is 0 Å². The molecule has 0 heteroatoms. The molecule has 0 amide bonds. The average Bonchev–Trinajstić information content (AvgIpc) is 3.27. The van der Waals surface area contributed by atoms with Crippen molar-refractivity contribution in [2.45, 2.75) is 27.7 Å². The van der Waals surface area contributed by atoms with Crippen LogP contribution in [0.3, 0.4) is 0 Å². The summed E-state index contributed by atoms with van der Waals surface area (Å²) in [7, 11) is 0. The lowest BCUT2D eigenvalue weighted by molar-refractivity contribution is 1.38. The fourth-order valence-electron chi connectivity index (χ4n) is 7.41. The van der Waals surface area contributed by atoms with Crippen molar-refractivity contribution >= 4 is 32.3 Å². The molecular formula is C40H30. The molecule has 0 fully saturated rings. The molecule has 8 rings (SSSR count). The molecule has 0 aromatic heterocycles. The molecular weight excluding hydrogens is 480 g/mol. The number of hydrogen-bond acceptors (Lipinski definition) is 0. The predicted molar refractivity (Wildman–Crippen MR) is 173 cm³/mol. The van der Waals surface area contributed by atoms with E-state index in [1.807, 2.05) is 0 Å². The molecule has 0 saturated heterocycles. The van der Waals surface area contributed by atoms with Gasteiger partial charge in [0.15, 0.2) is 0 Å². The van der Waals surface area contributed by atoms with Crippen LogP contribution >= 0.6 is 0 Å². The van der Waals surface area contributed by atoms with Crippen LogP contribution in [0.2, 0.25) is 0 Å². The Labute approximate surface area is 235 Å². The van der Waals surface area contributed by atoms with E-state index in [0.29, 0.717) is 0 Å². The summed E-state index contributed by atoms with van der Waals surface area (Å²) in [4.78, 5) is 0. The van der Waals surface area contributed by atoms with E-state index >= 15 is 0 Å². The SMILES string of the molecule is Cc1cccc(C)c1-c1c2ccccc2c(-c2c(C)cccc2C)c2cc3c(cc12)-c1cccc2cccc-3c12. The summed E-state index contributed by atoms with van der Waals surface area (Å²) in [5, 5.41) is 7.99. The molecule has 0 aliphatic heterocycles. The summed E-state index contributed by atoms with van der Waals surface area (Å²) in [6.45, 7) is 9.02. The second-order valence-electron chi connectivity index (χ2n) is 11.5. The van der Waals surface area contributed by atoms with E-state index in [-0.39, 0.29) is 0 Å². The van der Waals surface area contributed by atoms with Gasteiger partial charge in [0.1, 0.15) is 0 Å². The lowest BCUT2D eigenvalue weighted by Crippen LogP contribution is -1.97. The lowest BCUT2D eigenvalue weighted by Gasteiger charge is -2.23. The minimum absolute atomic E-state index is 1.31. The fraction of sp³-hybridized carbons (Fsp3) is 0.100. The van der Waals surface area contributed by atoms with Crippen molar-refractivity contribution in [3.8, 4) is 44.5 Å². The van der Waals surface area contributed by atoms with Gasteiger partial charge in [0, 0.05) is 0 Å². The Hall–Kier alpha value is -4.68. The van der Waals surface area contributed by atoms with Crippen molar-refractivity contribution in [2.24, 2.45) is 0 Å². The summed E-state index contributed by atoms with van der Waals surface area (Å²) >= 11 is 0. The van der Waals surface area contributed by atoms with Gasteiger partial charge in [-0.15, -0.1) is 0 Å². The highest BCUT2D eigenvalue weighted by Gasteiger charge is 2.26. The van der Waals surface area contributed by atoms with Crippen molar-refractivity contribution in [1.29, 1.82) is 0 Å². The topological polar surface area (TPSA) is 0 Å². The summed E-state index contributed by atoms with van der Waals surface area (Å²) < 4.78 is 0. The molecule has 0 nitrogen and oxygen atoms in total. The normalized spacial score (nSPS) is 12.0. The van der Waals surface area contributed by atoms with Gasteiger partial charge in [0.25, 0.3) is 0 Å². The van der Waals surface area contributed by atoms with E-state index in [2.05, 4.69) is 137 Å². The van der Waals surface area contributed by atoms with Crippen LogP contribution < -0.4 is 0 Å². The maximum absolute atomic E-state index is 2.50. The minimum Gasteiger partial charge on any atom is -0.0617 e. The zero-order valence-corrected chi connectivity index (χ0v) is 23.4. The smallest absolute Gasteiger partial charge is 0.00208 e. The molecule has 1 aliphatic carbocycles. The number of aryl methyl sites for hydroxylation is 4. The first-order chi connectivity index (χ1) is 19.5. The maximum Gasteiger partial charge on any atom is -0.00208 e. The zero-order chi connectivity index (χ0) is 27.1. The molecule has 1 aliphatic rings. The van der Waals surface area contributed by atoms with Gasteiger partial charge < -0.3 is 0 Å². The van der Waals surface area contributed by atoms with Gasteiger partial charge in [-0.1, -0.05) is 97.1 Å². The van der Waals surface area contributed by atoms with Crippen LogP contribution in [0.4, 0.5) is 0 Å². The van der Waals surface area contributed by atoms with Crippen LogP contribution in [0.1, 0.15) is 22.3 Å². The van der Waals surface area contributed by atoms with Gasteiger partial charge in [0.05, 0.1) is 0 Å². The quantitative estimate of drug-likeness (QED) is 0.203. The Morgan fingerprint density at radius 1 is 0.325 bits per heavy atom. The third-order valence-corrected chi connectivity index (χ3v) is 9.11. The monoisotopic (exact) mass is 510 g/mol. The Morgan fingerprint density at radius 2 is 0.725 bits per heavy atom. The Bertz CT molecular complexity index is 2000. The molecule has 7 aromatic rings. The van der Waals surface area contributed by atoms with E-state index in [4.69, 9.17) is 0 Å². The number of fused-ring (bicyclic) bond motifs is 5. The number of benzene rings is 7. The van der Waals surface area contributed by atoms with Crippen molar-refractivity contribution in [2.75, 3.05) is 0 Å². The van der Waals surface area contributed by atoms with E-state index in [9.17, 15) is 0 Å². The van der Waals surface area contributed by atoms with Gasteiger partial charge in [-0.3, -0.25) is 0 Å². The third kappa shape index (κ3) is 3.08. The Balaban J connectivity index is 1.65. The van der Waals surface area contributed by atoms with Crippen LogP contribution in [0.5, 0.6) is 0 Å². The highest BCUT2D eigenvalue weighted by atomic mass is 14.3. The first kappa shape index (κ1) is 23.2. The van der Waals surface area contributed by atoms with Crippen LogP contribution in [-0.4, -0.2) is 0 Å². The van der Waals surface area contributed by atoms with E-state index in [1.165, 1.54) is 99.1 Å². The van der Waals surface area contributed by atoms with Gasteiger partial charge in [-0.25, -0.2) is 0 Å². The average molecular weight is 511 g/mol. The summed E-state index contributed by atoms with van der Waals surface area (Å²) in [5.74, 6) is 0.